The fourth-order valence-corrected chi connectivity index (χ4v) is 6.61. The minimum atomic E-state index is -1.11. The second-order valence-electron chi connectivity index (χ2n) is 15.6. The number of carboxylic acid groups (broad SMARTS) is 1. The van der Waals surface area contributed by atoms with Crippen molar-refractivity contribution in [1.82, 2.24) is 16.0 Å². The number of rotatable bonds is 34. The van der Waals surface area contributed by atoms with Gasteiger partial charge in [0, 0.05) is 25.5 Å². The van der Waals surface area contributed by atoms with E-state index in [0.29, 0.717) is 91.5 Å². The zero-order chi connectivity index (χ0) is 41.7. The number of carbonyl (C=O) groups excluding carboxylic acids is 3. The van der Waals surface area contributed by atoms with Gasteiger partial charge in [-0.15, -0.1) is 0 Å². The van der Waals surface area contributed by atoms with Crippen LogP contribution in [0.5, 0.6) is 0 Å². The lowest BCUT2D eigenvalue weighted by atomic mass is 9.90. The Morgan fingerprint density at radius 1 is 0.667 bits per heavy atom. The third kappa shape index (κ3) is 22.2. The van der Waals surface area contributed by atoms with Crippen LogP contribution in [0.1, 0.15) is 111 Å². The molecular weight excluding hydrogens is 727 g/mol. The molecule has 0 spiro atoms. The van der Waals surface area contributed by atoms with Gasteiger partial charge in [-0.1, -0.05) is 116 Å². The van der Waals surface area contributed by atoms with Crippen LogP contribution >= 0.6 is 0 Å². The molecule has 12 nitrogen and oxygen atoms in total. The summed E-state index contributed by atoms with van der Waals surface area (Å²) in [6, 6.07) is 12.2. The second kappa shape index (κ2) is 30.5. The highest BCUT2D eigenvalue weighted by molar-refractivity contribution is 5.91. The number of hydrogen-bond donors (Lipinski definition) is 4. The van der Waals surface area contributed by atoms with Crippen molar-refractivity contribution in [1.29, 1.82) is 0 Å². The Labute approximate surface area is 341 Å². The highest BCUT2D eigenvalue weighted by atomic mass is 16.6. The van der Waals surface area contributed by atoms with E-state index in [0.717, 1.165) is 29.2 Å². The molecule has 0 aromatic heterocycles. The van der Waals surface area contributed by atoms with Crippen LogP contribution in [0, 0.1) is 17.8 Å². The lowest BCUT2D eigenvalue weighted by Crippen LogP contribution is -2.54. The Balaban J connectivity index is 1.70. The first kappa shape index (κ1) is 49.6. The number of hydrogen-bond acceptors (Lipinski definition) is 8. The van der Waals surface area contributed by atoms with E-state index in [2.05, 4.69) is 28.9 Å². The number of carbonyl (C=O) groups is 4. The van der Waals surface area contributed by atoms with Crippen molar-refractivity contribution >= 4 is 34.5 Å². The van der Waals surface area contributed by atoms with Crippen LogP contribution < -0.4 is 16.0 Å². The maximum Gasteiger partial charge on any atom is 0.326 e. The summed E-state index contributed by atoms with van der Waals surface area (Å²) >= 11 is 0. The third-order valence-corrected chi connectivity index (χ3v) is 9.82. The predicted octanol–water partition coefficient (Wildman–Crippen LogP) is 6.86. The van der Waals surface area contributed by atoms with Gasteiger partial charge >= 0.3 is 5.97 Å². The zero-order valence-electron chi connectivity index (χ0n) is 35.5. The minimum absolute atomic E-state index is 0.0862. The molecular formula is C45H73N3O9. The van der Waals surface area contributed by atoms with E-state index in [1.807, 2.05) is 50.2 Å². The molecule has 57 heavy (non-hydrogen) atoms. The summed E-state index contributed by atoms with van der Waals surface area (Å²) in [5.41, 5.74) is 1.05. The van der Waals surface area contributed by atoms with Gasteiger partial charge in [0.25, 0.3) is 0 Å². The van der Waals surface area contributed by atoms with E-state index in [1.165, 1.54) is 32.1 Å². The van der Waals surface area contributed by atoms with Crippen molar-refractivity contribution in [2.75, 3.05) is 59.4 Å². The molecule has 3 amide bonds. The van der Waals surface area contributed by atoms with E-state index in [-0.39, 0.29) is 23.7 Å². The lowest BCUT2D eigenvalue weighted by Gasteiger charge is -2.26. The van der Waals surface area contributed by atoms with Crippen molar-refractivity contribution in [3.63, 3.8) is 0 Å². The fourth-order valence-electron chi connectivity index (χ4n) is 6.61. The number of amides is 3. The van der Waals surface area contributed by atoms with E-state index < -0.39 is 29.9 Å². The Kier molecular flexibility index (Phi) is 26.5. The van der Waals surface area contributed by atoms with Crippen molar-refractivity contribution < 1.29 is 43.2 Å². The topological polar surface area (TPSA) is 162 Å². The smallest absolute Gasteiger partial charge is 0.326 e. The molecule has 0 aliphatic carbocycles. The molecule has 0 radical (unpaired) electrons. The molecule has 2 aromatic rings. The molecule has 12 heteroatoms. The van der Waals surface area contributed by atoms with Gasteiger partial charge in [0.2, 0.25) is 17.7 Å². The van der Waals surface area contributed by atoms with Gasteiger partial charge in [0.15, 0.2) is 0 Å². The van der Waals surface area contributed by atoms with Gasteiger partial charge in [-0.25, -0.2) is 4.79 Å². The van der Waals surface area contributed by atoms with E-state index >= 15 is 0 Å². The maximum absolute atomic E-state index is 13.9. The number of fused-ring (bicyclic) bond motifs is 1. The molecule has 0 bridgehead atoms. The average Bonchev–Trinajstić information content (AvgIpc) is 3.18. The van der Waals surface area contributed by atoms with Crippen LogP contribution in [0.3, 0.4) is 0 Å². The first-order valence-corrected chi connectivity index (χ1v) is 21.4. The molecule has 2 rings (SSSR count). The normalized spacial score (nSPS) is 13.1. The van der Waals surface area contributed by atoms with Crippen LogP contribution in [0.25, 0.3) is 10.8 Å². The predicted molar refractivity (Wildman–Crippen MR) is 225 cm³/mol. The summed E-state index contributed by atoms with van der Waals surface area (Å²) in [6.45, 7) is 13.6. The lowest BCUT2D eigenvalue weighted by molar-refractivity contribution is -0.143. The summed E-state index contributed by atoms with van der Waals surface area (Å²) in [6.07, 6.45) is 11.0. The third-order valence-electron chi connectivity index (χ3n) is 9.82. The summed E-state index contributed by atoms with van der Waals surface area (Å²) < 4.78 is 22.6. The Morgan fingerprint density at radius 3 is 1.89 bits per heavy atom. The molecule has 0 fully saturated rings. The fraction of sp³-hybridized carbons (Fsp3) is 0.689. The largest absolute Gasteiger partial charge is 0.480 e. The SMILES string of the molecule is CCCCCCCCCC(=O)NCCOCCOCCOCCOCCCC(Cc1cccc2ccccc12)C(=O)NC(CC(C)C)C(=O)NC(C(=O)O)C(C)C. The number of unbranched alkanes of at least 4 members (excludes halogenated alkanes) is 6. The molecule has 0 aliphatic rings. The van der Waals surface area contributed by atoms with Crippen LogP contribution in [0.2, 0.25) is 0 Å². The van der Waals surface area contributed by atoms with Gasteiger partial charge in [-0.05, 0) is 60.3 Å². The van der Waals surface area contributed by atoms with Crippen LogP contribution in [-0.4, -0.2) is 100 Å². The number of ether oxygens (including phenoxy) is 4. The molecule has 3 atom stereocenters. The average molecular weight is 800 g/mol. The van der Waals surface area contributed by atoms with E-state index in [9.17, 15) is 24.3 Å². The highest BCUT2D eigenvalue weighted by Crippen LogP contribution is 2.24. The Bertz CT molecular complexity index is 1410. The molecule has 0 saturated heterocycles. The minimum Gasteiger partial charge on any atom is -0.480 e. The van der Waals surface area contributed by atoms with Gasteiger partial charge in [-0.3, -0.25) is 14.4 Å². The van der Waals surface area contributed by atoms with Crippen LogP contribution in [0.15, 0.2) is 42.5 Å². The monoisotopic (exact) mass is 800 g/mol. The van der Waals surface area contributed by atoms with Crippen molar-refractivity contribution in [2.45, 2.75) is 124 Å². The van der Waals surface area contributed by atoms with Gasteiger partial charge in [0.1, 0.15) is 12.1 Å². The number of aliphatic carboxylic acids is 1. The standard InChI is InChI=1S/C45H73N3O9/c1-6-7-8-9-10-11-12-22-41(49)46-23-25-55-27-29-57-31-30-56-28-26-54-24-16-20-38(33-37-19-15-18-36-17-13-14-21-39(36)37)43(50)47-40(32-34(2)3)44(51)48-42(35(4)5)45(52)53/h13-15,17-19,21,34-35,38,40,42H,6-12,16,20,22-33H2,1-5H3,(H,46,49)(H,47,50)(H,48,51)(H,52,53). The molecule has 3 unspecified atom stereocenters. The zero-order valence-corrected chi connectivity index (χ0v) is 35.5. The number of nitrogens with one attached hydrogen (secondary N) is 3. The van der Waals surface area contributed by atoms with Gasteiger partial charge in [-0.2, -0.15) is 0 Å². The maximum atomic E-state index is 13.9. The quantitative estimate of drug-likeness (QED) is 0.0555. The first-order valence-electron chi connectivity index (χ1n) is 21.4. The molecule has 0 saturated carbocycles. The van der Waals surface area contributed by atoms with Gasteiger partial charge < -0.3 is 40.0 Å². The van der Waals surface area contributed by atoms with Gasteiger partial charge in [0.05, 0.1) is 46.2 Å². The molecule has 322 valence electrons. The van der Waals surface area contributed by atoms with Crippen molar-refractivity contribution in [2.24, 2.45) is 17.8 Å². The Morgan fingerprint density at radius 2 is 1.26 bits per heavy atom. The van der Waals surface area contributed by atoms with E-state index in [1.54, 1.807) is 13.8 Å². The number of carboxylic acids is 1. The number of benzene rings is 2. The summed E-state index contributed by atoms with van der Waals surface area (Å²) in [5.74, 6) is -2.40. The van der Waals surface area contributed by atoms with E-state index in [4.69, 9.17) is 18.9 Å². The van der Waals surface area contributed by atoms with Crippen molar-refractivity contribution in [3.05, 3.63) is 48.0 Å². The van der Waals surface area contributed by atoms with Crippen LogP contribution in [-0.2, 0) is 44.5 Å². The first-order chi connectivity index (χ1) is 27.5. The molecule has 0 aliphatic heterocycles. The molecule has 2 aromatic carbocycles. The van der Waals surface area contributed by atoms with Crippen LogP contribution in [0.4, 0.5) is 0 Å². The van der Waals surface area contributed by atoms with Crippen molar-refractivity contribution in [3.8, 4) is 0 Å². The second-order valence-corrected chi connectivity index (χ2v) is 15.6. The summed E-state index contributed by atoms with van der Waals surface area (Å²) in [5, 5.41) is 20.3. The highest BCUT2D eigenvalue weighted by Gasteiger charge is 2.31. The molecule has 0 heterocycles. The summed E-state index contributed by atoms with van der Waals surface area (Å²) in [4.78, 5) is 51.0. The summed E-state index contributed by atoms with van der Waals surface area (Å²) in [7, 11) is 0. The Hall–Kier alpha value is -3.58. The molecule has 4 N–H and O–H groups in total.